The lowest BCUT2D eigenvalue weighted by Crippen LogP contribution is -2.19. The van der Waals surface area contributed by atoms with Gasteiger partial charge in [0.1, 0.15) is 11.0 Å². The maximum absolute atomic E-state index is 13.5. The minimum Gasteiger partial charge on any atom is -0.497 e. The van der Waals surface area contributed by atoms with Crippen molar-refractivity contribution in [1.82, 2.24) is 4.98 Å². The van der Waals surface area contributed by atoms with E-state index in [0.29, 0.717) is 27.2 Å². The Morgan fingerprint density at radius 2 is 1.57 bits per heavy atom. The van der Waals surface area contributed by atoms with Crippen molar-refractivity contribution >= 4 is 57.3 Å². The molecule has 0 aliphatic rings. The molecule has 0 spiro atoms. The summed E-state index contributed by atoms with van der Waals surface area (Å²) in [6.45, 7) is 0. The fraction of sp³-hybridized carbons (Fsp3) is 0.0645. The number of thiazole rings is 1. The van der Waals surface area contributed by atoms with Gasteiger partial charge in [-0.2, -0.15) is 0 Å². The summed E-state index contributed by atoms with van der Waals surface area (Å²) in [4.78, 5) is 31.6. The van der Waals surface area contributed by atoms with Gasteiger partial charge in [-0.15, -0.1) is 23.1 Å². The van der Waals surface area contributed by atoms with Crippen LogP contribution < -0.4 is 15.4 Å². The molecular weight excluding hydrogens is 562 g/mol. The van der Waals surface area contributed by atoms with Gasteiger partial charge in [-0.1, -0.05) is 54.1 Å². The maximum atomic E-state index is 13.5. The smallest absolute Gasteiger partial charge is 0.255 e. The van der Waals surface area contributed by atoms with Gasteiger partial charge in [0.2, 0.25) is 5.91 Å². The maximum Gasteiger partial charge on any atom is 0.255 e. The summed E-state index contributed by atoms with van der Waals surface area (Å²) in [5, 5.41) is 8.45. The van der Waals surface area contributed by atoms with Crippen LogP contribution in [0.15, 0.2) is 113 Å². The summed E-state index contributed by atoms with van der Waals surface area (Å²) >= 11 is 8.80. The Bertz CT molecular complexity index is 1590. The molecule has 5 aromatic rings. The van der Waals surface area contributed by atoms with Gasteiger partial charge in [-0.25, -0.2) is 4.98 Å². The topological polar surface area (TPSA) is 80.3 Å². The van der Waals surface area contributed by atoms with E-state index in [1.807, 2.05) is 84.2 Å². The number of thioether (sulfide) groups is 1. The van der Waals surface area contributed by atoms with E-state index in [1.165, 1.54) is 23.1 Å². The van der Waals surface area contributed by atoms with Gasteiger partial charge >= 0.3 is 0 Å². The van der Waals surface area contributed by atoms with Crippen molar-refractivity contribution in [3.8, 4) is 17.0 Å². The molecule has 9 heteroatoms. The van der Waals surface area contributed by atoms with E-state index >= 15 is 0 Å². The molecule has 0 bridgehead atoms. The summed E-state index contributed by atoms with van der Waals surface area (Å²) in [5.74, 6) is 0.294. The number of hydrogen-bond donors (Lipinski definition) is 2. The predicted molar refractivity (Wildman–Crippen MR) is 164 cm³/mol. The number of amides is 2. The summed E-state index contributed by atoms with van der Waals surface area (Å²) in [7, 11) is 1.58. The van der Waals surface area contributed by atoms with Gasteiger partial charge in [-0.3, -0.25) is 9.59 Å². The minimum atomic E-state index is -0.510. The molecular formula is C31H24ClN3O3S2. The Morgan fingerprint density at radius 3 is 2.25 bits per heavy atom. The summed E-state index contributed by atoms with van der Waals surface area (Å²) in [6, 6.07) is 31.4. The van der Waals surface area contributed by atoms with Gasteiger partial charge in [0, 0.05) is 32.1 Å². The first-order valence-corrected chi connectivity index (χ1v) is 14.4. The van der Waals surface area contributed by atoms with Crippen LogP contribution in [-0.2, 0) is 4.79 Å². The Morgan fingerprint density at radius 1 is 0.875 bits per heavy atom. The number of carbonyl (C=O) groups is 2. The van der Waals surface area contributed by atoms with Gasteiger partial charge in [0.25, 0.3) is 5.91 Å². The number of nitrogens with one attached hydrogen (secondary N) is 2. The SMILES string of the molecule is COc1ccc(C(=O)Nc2ccc(SC(C(=O)Nc3nc(-c4ccc(Cl)cc4)cs3)c3ccccc3)cc2)cc1. The fourth-order valence-electron chi connectivity index (χ4n) is 3.85. The van der Waals surface area contributed by atoms with Crippen LogP contribution in [0.25, 0.3) is 11.3 Å². The van der Waals surface area contributed by atoms with Crippen LogP contribution in [0.1, 0.15) is 21.2 Å². The number of methoxy groups -OCH3 is 1. The van der Waals surface area contributed by atoms with E-state index in [1.54, 1.807) is 31.4 Å². The molecule has 0 saturated heterocycles. The molecule has 0 radical (unpaired) electrons. The minimum absolute atomic E-state index is 0.176. The zero-order valence-corrected chi connectivity index (χ0v) is 23.7. The second-order valence-electron chi connectivity index (χ2n) is 8.65. The van der Waals surface area contributed by atoms with Crippen LogP contribution in [0, 0.1) is 0 Å². The zero-order chi connectivity index (χ0) is 27.9. The number of hydrogen-bond acceptors (Lipinski definition) is 6. The molecule has 1 aromatic heterocycles. The normalized spacial score (nSPS) is 11.4. The van der Waals surface area contributed by atoms with Crippen LogP contribution >= 0.6 is 34.7 Å². The fourth-order valence-corrected chi connectivity index (χ4v) is 5.73. The average molecular weight is 586 g/mol. The van der Waals surface area contributed by atoms with Crippen molar-refractivity contribution in [2.75, 3.05) is 17.7 Å². The van der Waals surface area contributed by atoms with Gasteiger partial charge < -0.3 is 15.4 Å². The lowest BCUT2D eigenvalue weighted by atomic mass is 10.1. The van der Waals surface area contributed by atoms with Crippen LogP contribution in [0.2, 0.25) is 5.02 Å². The number of ether oxygens (including phenoxy) is 1. The second kappa shape index (κ2) is 12.8. The highest BCUT2D eigenvalue weighted by atomic mass is 35.5. The van der Waals surface area contributed by atoms with E-state index < -0.39 is 5.25 Å². The monoisotopic (exact) mass is 585 g/mol. The van der Waals surface area contributed by atoms with Crippen molar-refractivity contribution in [2.45, 2.75) is 10.1 Å². The molecule has 4 aromatic carbocycles. The Kier molecular flexibility index (Phi) is 8.81. The summed E-state index contributed by atoms with van der Waals surface area (Å²) in [6.07, 6.45) is 0. The third kappa shape index (κ3) is 6.90. The molecule has 0 aliphatic carbocycles. The number of halogens is 1. The van der Waals surface area contributed by atoms with E-state index in [0.717, 1.165) is 21.7 Å². The first-order chi connectivity index (χ1) is 19.5. The Hall–Kier alpha value is -4.11. The van der Waals surface area contributed by atoms with E-state index in [9.17, 15) is 9.59 Å². The highest BCUT2D eigenvalue weighted by molar-refractivity contribution is 8.00. The Labute approximate surface area is 245 Å². The molecule has 6 nitrogen and oxygen atoms in total. The van der Waals surface area contributed by atoms with Gasteiger partial charge in [0.15, 0.2) is 5.13 Å². The highest BCUT2D eigenvalue weighted by Crippen LogP contribution is 2.37. The number of aromatic nitrogens is 1. The molecule has 0 aliphatic heterocycles. The molecule has 1 heterocycles. The molecule has 200 valence electrons. The number of anilines is 2. The molecule has 2 amide bonds. The number of carbonyl (C=O) groups excluding carboxylic acids is 2. The van der Waals surface area contributed by atoms with E-state index in [4.69, 9.17) is 16.3 Å². The lowest BCUT2D eigenvalue weighted by Gasteiger charge is -2.16. The van der Waals surface area contributed by atoms with Crippen molar-refractivity contribution in [2.24, 2.45) is 0 Å². The van der Waals surface area contributed by atoms with Gasteiger partial charge in [-0.05, 0) is 66.2 Å². The van der Waals surface area contributed by atoms with E-state index in [2.05, 4.69) is 15.6 Å². The lowest BCUT2D eigenvalue weighted by molar-refractivity contribution is -0.115. The average Bonchev–Trinajstić information content (AvgIpc) is 3.46. The molecule has 0 saturated carbocycles. The molecule has 1 atom stereocenters. The quantitative estimate of drug-likeness (QED) is 0.170. The van der Waals surface area contributed by atoms with Crippen LogP contribution in [-0.4, -0.2) is 23.9 Å². The number of nitrogens with zero attached hydrogens (tertiary/aromatic N) is 1. The largest absolute Gasteiger partial charge is 0.497 e. The van der Waals surface area contributed by atoms with Gasteiger partial charge in [0.05, 0.1) is 12.8 Å². The van der Waals surface area contributed by atoms with Crippen molar-refractivity contribution < 1.29 is 14.3 Å². The molecule has 0 fully saturated rings. The summed E-state index contributed by atoms with van der Waals surface area (Å²) < 4.78 is 5.15. The molecule has 1 unspecified atom stereocenters. The molecule has 40 heavy (non-hydrogen) atoms. The third-order valence-corrected chi connectivity index (χ3v) is 8.21. The third-order valence-electron chi connectivity index (χ3n) is 5.93. The van der Waals surface area contributed by atoms with Crippen LogP contribution in [0.3, 0.4) is 0 Å². The summed E-state index contributed by atoms with van der Waals surface area (Å²) in [5.41, 5.74) is 3.75. The number of rotatable bonds is 9. The predicted octanol–water partition coefficient (Wildman–Crippen LogP) is 8.20. The van der Waals surface area contributed by atoms with E-state index in [-0.39, 0.29) is 11.8 Å². The number of benzene rings is 4. The Balaban J connectivity index is 1.28. The molecule has 2 N–H and O–H groups in total. The molecule has 5 rings (SSSR count). The zero-order valence-electron chi connectivity index (χ0n) is 21.3. The van der Waals surface area contributed by atoms with Crippen molar-refractivity contribution in [3.05, 3.63) is 125 Å². The van der Waals surface area contributed by atoms with Crippen LogP contribution in [0.4, 0.5) is 10.8 Å². The first kappa shape index (κ1) is 27.5. The van der Waals surface area contributed by atoms with Crippen molar-refractivity contribution in [1.29, 1.82) is 0 Å². The van der Waals surface area contributed by atoms with Crippen LogP contribution in [0.5, 0.6) is 5.75 Å². The highest BCUT2D eigenvalue weighted by Gasteiger charge is 2.23. The standard InChI is InChI=1S/C31H24ClN3O3S2/c1-38-25-15-9-22(10-16-25)29(36)33-24-13-17-26(18-14-24)40-28(21-5-3-2-4-6-21)30(37)35-31-34-27(19-39-31)20-7-11-23(32)12-8-20/h2-19,28H,1H3,(H,33,36)(H,34,35,37). The van der Waals surface area contributed by atoms with Crippen molar-refractivity contribution in [3.63, 3.8) is 0 Å². The second-order valence-corrected chi connectivity index (χ2v) is 11.1. The first-order valence-electron chi connectivity index (χ1n) is 12.3.